The van der Waals surface area contributed by atoms with Crippen molar-refractivity contribution in [2.24, 2.45) is 5.11 Å². The van der Waals surface area contributed by atoms with E-state index in [1.54, 1.807) is 4.57 Å². The molecule has 0 spiro atoms. The van der Waals surface area contributed by atoms with Gasteiger partial charge in [-0.3, -0.25) is 0 Å². The maximum absolute atomic E-state index is 10.3. The Hall–Kier alpha value is -2.33. The van der Waals surface area contributed by atoms with Crippen molar-refractivity contribution in [2.45, 2.75) is 6.54 Å². The molecule has 0 bridgehead atoms. The molecule has 0 aliphatic heterocycles. The molecule has 0 radical (unpaired) electrons. The highest BCUT2D eigenvalue weighted by Crippen LogP contribution is 2.38. The van der Waals surface area contributed by atoms with Crippen molar-refractivity contribution in [3.05, 3.63) is 59.1 Å². The van der Waals surface area contributed by atoms with E-state index in [0.717, 1.165) is 16.5 Å². The van der Waals surface area contributed by atoms with Crippen molar-refractivity contribution in [3.8, 4) is 5.88 Å². The molecule has 0 aliphatic carbocycles. The van der Waals surface area contributed by atoms with E-state index in [4.69, 9.17) is 17.1 Å². The quantitative estimate of drug-likeness (QED) is 0.673. The first-order chi connectivity index (χ1) is 9.70. The Morgan fingerprint density at radius 1 is 1.10 bits per heavy atom. The average molecular weight is 286 g/mol. The lowest BCUT2D eigenvalue weighted by molar-refractivity contribution is 0.429. The first-order valence-corrected chi connectivity index (χ1v) is 6.50. The van der Waals surface area contributed by atoms with Gasteiger partial charge in [0.05, 0.1) is 12.1 Å². The minimum atomic E-state index is 0.0103. The minimum Gasteiger partial charge on any atom is -0.493 e. The second-order valence-corrected chi connectivity index (χ2v) is 4.95. The number of aromatic hydroxyl groups is 1. The van der Waals surface area contributed by atoms with E-state index < -0.39 is 0 Å². The third-order valence-corrected chi connectivity index (χ3v) is 3.54. The van der Waals surface area contributed by atoms with Gasteiger partial charge in [-0.05, 0) is 23.8 Å². The standard InChI is InChI=1S/C15H12ClN3O/c16-11-7-5-10(6-8-11)9-19-13-4-2-1-3-12(13)14(18-17)15(19)20/h1-8,17,20H,9H2. The highest BCUT2D eigenvalue weighted by atomic mass is 35.5. The van der Waals surface area contributed by atoms with Crippen LogP contribution in [0.5, 0.6) is 5.88 Å². The first-order valence-electron chi connectivity index (χ1n) is 6.13. The van der Waals surface area contributed by atoms with Crippen LogP contribution >= 0.6 is 11.6 Å². The summed E-state index contributed by atoms with van der Waals surface area (Å²) in [5.74, 6) is 0.0103. The van der Waals surface area contributed by atoms with Crippen LogP contribution in [0.3, 0.4) is 0 Å². The largest absolute Gasteiger partial charge is 0.493 e. The molecule has 1 aromatic heterocycles. The van der Waals surface area contributed by atoms with Crippen LogP contribution in [-0.4, -0.2) is 9.67 Å². The van der Waals surface area contributed by atoms with Crippen molar-refractivity contribution in [1.82, 2.24) is 4.57 Å². The van der Waals surface area contributed by atoms with Gasteiger partial charge in [0.15, 0.2) is 5.69 Å². The van der Waals surface area contributed by atoms with Gasteiger partial charge < -0.3 is 9.67 Å². The molecule has 20 heavy (non-hydrogen) atoms. The number of benzene rings is 2. The van der Waals surface area contributed by atoms with Gasteiger partial charge in [0.25, 0.3) is 0 Å². The smallest absolute Gasteiger partial charge is 0.221 e. The van der Waals surface area contributed by atoms with E-state index in [2.05, 4.69) is 5.11 Å². The molecule has 0 atom stereocenters. The molecule has 1 heterocycles. The molecule has 5 heteroatoms. The fraction of sp³-hybridized carbons (Fsp3) is 0.0667. The summed E-state index contributed by atoms with van der Waals surface area (Å²) < 4.78 is 1.74. The summed E-state index contributed by atoms with van der Waals surface area (Å²) in [6.07, 6.45) is 0. The Morgan fingerprint density at radius 3 is 2.50 bits per heavy atom. The Morgan fingerprint density at radius 2 is 1.80 bits per heavy atom. The SMILES string of the molecule is N=Nc1c(O)n(Cc2ccc(Cl)cc2)c2ccccc12. The van der Waals surface area contributed by atoms with E-state index in [1.165, 1.54) is 0 Å². The number of fused-ring (bicyclic) bond motifs is 1. The molecule has 2 N–H and O–H groups in total. The summed E-state index contributed by atoms with van der Waals surface area (Å²) in [7, 11) is 0. The zero-order chi connectivity index (χ0) is 14.1. The van der Waals surface area contributed by atoms with Crippen LogP contribution in [-0.2, 0) is 6.54 Å². The highest BCUT2D eigenvalue weighted by molar-refractivity contribution is 6.30. The third-order valence-electron chi connectivity index (χ3n) is 3.28. The van der Waals surface area contributed by atoms with Crippen molar-refractivity contribution >= 4 is 28.2 Å². The van der Waals surface area contributed by atoms with Crippen LogP contribution in [0.1, 0.15) is 5.56 Å². The predicted octanol–water partition coefficient (Wildman–Crippen LogP) is 4.71. The van der Waals surface area contributed by atoms with Crippen molar-refractivity contribution in [3.63, 3.8) is 0 Å². The number of para-hydroxylation sites is 1. The number of hydrogen-bond donors (Lipinski definition) is 2. The van der Waals surface area contributed by atoms with E-state index in [-0.39, 0.29) is 5.88 Å². The zero-order valence-corrected chi connectivity index (χ0v) is 11.3. The van der Waals surface area contributed by atoms with E-state index in [1.807, 2.05) is 48.5 Å². The second kappa shape index (κ2) is 4.98. The lowest BCUT2D eigenvalue weighted by Gasteiger charge is -2.07. The zero-order valence-electron chi connectivity index (χ0n) is 10.5. The third kappa shape index (κ3) is 2.04. The molecule has 0 amide bonds. The summed E-state index contributed by atoms with van der Waals surface area (Å²) in [6.45, 7) is 0.499. The number of hydrogen-bond acceptors (Lipinski definition) is 3. The van der Waals surface area contributed by atoms with Gasteiger partial charge in [0.2, 0.25) is 5.88 Å². The molecule has 2 aromatic carbocycles. The van der Waals surface area contributed by atoms with Crippen LogP contribution in [0.2, 0.25) is 5.02 Å². The summed E-state index contributed by atoms with van der Waals surface area (Å²) >= 11 is 5.87. The molecule has 0 aliphatic rings. The summed E-state index contributed by atoms with van der Waals surface area (Å²) in [5.41, 5.74) is 9.39. The van der Waals surface area contributed by atoms with E-state index in [9.17, 15) is 5.11 Å². The maximum atomic E-state index is 10.3. The van der Waals surface area contributed by atoms with Crippen LogP contribution < -0.4 is 0 Å². The van der Waals surface area contributed by atoms with Crippen LogP contribution in [0, 0.1) is 5.53 Å². The van der Waals surface area contributed by atoms with Gasteiger partial charge >= 0.3 is 0 Å². The lowest BCUT2D eigenvalue weighted by Crippen LogP contribution is -1.98. The van der Waals surface area contributed by atoms with Gasteiger partial charge in [-0.25, -0.2) is 5.53 Å². The minimum absolute atomic E-state index is 0.0103. The number of nitrogens with zero attached hydrogens (tertiary/aromatic N) is 2. The molecule has 0 saturated heterocycles. The van der Waals surface area contributed by atoms with Gasteiger partial charge in [-0.1, -0.05) is 41.9 Å². The van der Waals surface area contributed by atoms with E-state index >= 15 is 0 Å². The maximum Gasteiger partial charge on any atom is 0.221 e. The predicted molar refractivity (Wildman–Crippen MR) is 79.0 cm³/mol. The van der Waals surface area contributed by atoms with Crippen LogP contribution in [0.25, 0.3) is 10.9 Å². The van der Waals surface area contributed by atoms with Gasteiger partial charge in [-0.2, -0.15) is 5.11 Å². The van der Waals surface area contributed by atoms with E-state index in [0.29, 0.717) is 17.3 Å². The van der Waals surface area contributed by atoms with Gasteiger partial charge in [-0.15, -0.1) is 0 Å². The summed E-state index contributed by atoms with van der Waals surface area (Å²) in [6, 6.07) is 15.0. The van der Waals surface area contributed by atoms with Gasteiger partial charge in [0.1, 0.15) is 0 Å². The Kier molecular flexibility index (Phi) is 3.16. The molecule has 3 aromatic rings. The normalized spacial score (nSPS) is 10.8. The van der Waals surface area contributed by atoms with Crippen LogP contribution in [0.4, 0.5) is 5.69 Å². The lowest BCUT2D eigenvalue weighted by atomic mass is 10.2. The number of halogens is 1. The highest BCUT2D eigenvalue weighted by Gasteiger charge is 2.15. The van der Waals surface area contributed by atoms with Crippen molar-refractivity contribution in [2.75, 3.05) is 0 Å². The number of nitrogens with one attached hydrogen (secondary N) is 1. The molecule has 4 nitrogen and oxygen atoms in total. The fourth-order valence-corrected chi connectivity index (χ4v) is 2.44. The van der Waals surface area contributed by atoms with Crippen molar-refractivity contribution < 1.29 is 5.11 Å². The van der Waals surface area contributed by atoms with Crippen molar-refractivity contribution in [1.29, 1.82) is 5.53 Å². The Labute approximate surface area is 120 Å². The molecule has 0 fully saturated rings. The fourth-order valence-electron chi connectivity index (χ4n) is 2.31. The first kappa shape index (κ1) is 12.7. The second-order valence-electron chi connectivity index (χ2n) is 4.51. The topological polar surface area (TPSA) is 61.4 Å². The molecule has 3 rings (SSSR count). The average Bonchev–Trinajstić information content (AvgIpc) is 2.74. The molecule has 0 saturated carbocycles. The molecule has 0 unspecified atom stereocenters. The monoisotopic (exact) mass is 285 g/mol. The van der Waals surface area contributed by atoms with Crippen LogP contribution in [0.15, 0.2) is 53.6 Å². The molecular weight excluding hydrogens is 274 g/mol. The van der Waals surface area contributed by atoms with Gasteiger partial charge in [0, 0.05) is 10.4 Å². The molecule has 100 valence electrons. The summed E-state index contributed by atoms with van der Waals surface area (Å²) in [4.78, 5) is 0. The molecular formula is C15H12ClN3O. The Bertz CT molecular complexity index is 778. The number of aromatic nitrogens is 1. The number of rotatable bonds is 3. The Balaban J connectivity index is 2.13. The summed E-state index contributed by atoms with van der Waals surface area (Å²) in [5, 5.41) is 15.1.